The zero-order chi connectivity index (χ0) is 11.4. The lowest BCUT2D eigenvalue weighted by Gasteiger charge is -2.19. The van der Waals surface area contributed by atoms with Gasteiger partial charge in [-0.05, 0) is 40.9 Å². The second-order valence-electron chi connectivity index (χ2n) is 4.33. The molecule has 1 heterocycles. The molecule has 0 radical (unpaired) electrons. The van der Waals surface area contributed by atoms with Crippen LogP contribution in [0.1, 0.15) is 30.9 Å². The van der Waals surface area contributed by atoms with Crippen LogP contribution >= 0.6 is 0 Å². The number of nitrogens with zero attached hydrogens (tertiary/aromatic N) is 1. The highest BCUT2D eigenvalue weighted by atomic mass is 16.3. The predicted molar refractivity (Wildman–Crippen MR) is 62.8 cm³/mol. The number of hydrogen-bond donors (Lipinski definition) is 1. The van der Waals surface area contributed by atoms with E-state index in [2.05, 4.69) is 37.2 Å². The first-order valence-electron chi connectivity index (χ1n) is 5.47. The molecule has 0 saturated heterocycles. The number of furan rings is 1. The maximum absolute atomic E-state index is 5.71. The Kier molecular flexibility index (Phi) is 4.36. The Morgan fingerprint density at radius 2 is 2.13 bits per heavy atom. The Hall–Kier alpha value is -0.800. The lowest BCUT2D eigenvalue weighted by molar-refractivity contribution is 0.242. The number of nitrogens with one attached hydrogen (secondary N) is 1. The SMILES string of the molecule is CNCc1cc(CN(C)C(C)C)oc1C. The molecule has 0 amide bonds. The molecule has 0 aliphatic rings. The minimum atomic E-state index is 0.545. The van der Waals surface area contributed by atoms with Crippen molar-refractivity contribution in [1.29, 1.82) is 0 Å². The van der Waals surface area contributed by atoms with Gasteiger partial charge in [0.25, 0.3) is 0 Å². The second kappa shape index (κ2) is 5.33. The molecule has 0 aliphatic heterocycles. The maximum Gasteiger partial charge on any atom is 0.118 e. The maximum atomic E-state index is 5.71. The highest BCUT2D eigenvalue weighted by Crippen LogP contribution is 2.16. The van der Waals surface area contributed by atoms with E-state index in [0.29, 0.717) is 6.04 Å². The Morgan fingerprint density at radius 1 is 1.47 bits per heavy atom. The summed E-state index contributed by atoms with van der Waals surface area (Å²) in [5.41, 5.74) is 1.25. The smallest absolute Gasteiger partial charge is 0.118 e. The quantitative estimate of drug-likeness (QED) is 0.807. The molecule has 1 aromatic rings. The lowest BCUT2D eigenvalue weighted by Crippen LogP contribution is -2.25. The van der Waals surface area contributed by atoms with Crippen molar-refractivity contribution >= 4 is 0 Å². The molecular weight excluding hydrogens is 188 g/mol. The molecule has 0 atom stereocenters. The Morgan fingerprint density at radius 3 is 2.67 bits per heavy atom. The van der Waals surface area contributed by atoms with Crippen LogP contribution in [0, 0.1) is 6.92 Å². The second-order valence-corrected chi connectivity index (χ2v) is 4.33. The van der Waals surface area contributed by atoms with Crippen LogP contribution in [0.25, 0.3) is 0 Å². The van der Waals surface area contributed by atoms with Crippen molar-refractivity contribution in [3.8, 4) is 0 Å². The topological polar surface area (TPSA) is 28.4 Å². The zero-order valence-electron chi connectivity index (χ0n) is 10.4. The molecule has 0 spiro atoms. The molecule has 86 valence electrons. The summed E-state index contributed by atoms with van der Waals surface area (Å²) in [7, 11) is 4.06. The summed E-state index contributed by atoms with van der Waals surface area (Å²) in [6, 6.07) is 2.69. The molecule has 1 N–H and O–H groups in total. The minimum absolute atomic E-state index is 0.545. The van der Waals surface area contributed by atoms with Crippen LogP contribution in [-0.4, -0.2) is 25.0 Å². The summed E-state index contributed by atoms with van der Waals surface area (Å²) in [6.45, 7) is 8.14. The number of rotatable bonds is 5. The van der Waals surface area contributed by atoms with Crippen LogP contribution in [0.5, 0.6) is 0 Å². The van der Waals surface area contributed by atoms with E-state index in [0.717, 1.165) is 24.6 Å². The van der Waals surface area contributed by atoms with Gasteiger partial charge in [0.15, 0.2) is 0 Å². The van der Waals surface area contributed by atoms with Gasteiger partial charge in [-0.2, -0.15) is 0 Å². The normalized spacial score (nSPS) is 11.7. The van der Waals surface area contributed by atoms with Crippen molar-refractivity contribution in [2.45, 2.75) is 39.9 Å². The van der Waals surface area contributed by atoms with Crippen LogP contribution in [0.3, 0.4) is 0 Å². The fourth-order valence-electron chi connectivity index (χ4n) is 1.46. The Balaban J connectivity index is 2.66. The molecule has 1 rings (SSSR count). The van der Waals surface area contributed by atoms with Gasteiger partial charge in [-0.25, -0.2) is 0 Å². The van der Waals surface area contributed by atoms with E-state index in [9.17, 15) is 0 Å². The van der Waals surface area contributed by atoms with Crippen molar-refractivity contribution in [3.05, 3.63) is 23.2 Å². The van der Waals surface area contributed by atoms with Crippen molar-refractivity contribution in [2.75, 3.05) is 14.1 Å². The van der Waals surface area contributed by atoms with Crippen LogP contribution in [0.2, 0.25) is 0 Å². The predicted octanol–water partition coefficient (Wildman–Crippen LogP) is 2.15. The highest BCUT2D eigenvalue weighted by Gasteiger charge is 2.10. The molecule has 3 heteroatoms. The van der Waals surface area contributed by atoms with Crippen LogP contribution in [0.15, 0.2) is 10.5 Å². The summed E-state index contributed by atoms with van der Waals surface area (Å²) in [5, 5.41) is 3.14. The van der Waals surface area contributed by atoms with E-state index < -0.39 is 0 Å². The summed E-state index contributed by atoms with van der Waals surface area (Å²) in [6.07, 6.45) is 0. The van der Waals surface area contributed by atoms with Gasteiger partial charge >= 0.3 is 0 Å². The fraction of sp³-hybridized carbons (Fsp3) is 0.667. The van der Waals surface area contributed by atoms with E-state index >= 15 is 0 Å². The van der Waals surface area contributed by atoms with E-state index in [1.807, 2.05) is 14.0 Å². The fourth-order valence-corrected chi connectivity index (χ4v) is 1.46. The number of aryl methyl sites for hydroxylation is 1. The van der Waals surface area contributed by atoms with Crippen LogP contribution < -0.4 is 5.32 Å². The summed E-state index contributed by atoms with van der Waals surface area (Å²) >= 11 is 0. The summed E-state index contributed by atoms with van der Waals surface area (Å²) < 4.78 is 5.71. The Labute approximate surface area is 92.5 Å². The molecule has 15 heavy (non-hydrogen) atoms. The number of hydrogen-bond acceptors (Lipinski definition) is 3. The molecule has 0 aliphatic carbocycles. The standard InChI is InChI=1S/C12H22N2O/c1-9(2)14(5)8-12-6-11(7-13-4)10(3)15-12/h6,9,13H,7-8H2,1-5H3. The largest absolute Gasteiger partial charge is 0.465 e. The Bertz CT molecular complexity index is 305. The average Bonchev–Trinajstić information content (AvgIpc) is 2.47. The van der Waals surface area contributed by atoms with E-state index in [1.54, 1.807) is 0 Å². The molecule has 0 bridgehead atoms. The average molecular weight is 210 g/mol. The van der Waals surface area contributed by atoms with Gasteiger partial charge in [-0.15, -0.1) is 0 Å². The zero-order valence-corrected chi connectivity index (χ0v) is 10.4. The first-order chi connectivity index (χ1) is 7.04. The van der Waals surface area contributed by atoms with Gasteiger partial charge in [0.1, 0.15) is 11.5 Å². The highest BCUT2D eigenvalue weighted by molar-refractivity contribution is 5.20. The van der Waals surface area contributed by atoms with E-state index in [-0.39, 0.29) is 0 Å². The van der Waals surface area contributed by atoms with Crippen molar-refractivity contribution in [2.24, 2.45) is 0 Å². The third-order valence-corrected chi connectivity index (χ3v) is 2.73. The van der Waals surface area contributed by atoms with Gasteiger partial charge in [0.2, 0.25) is 0 Å². The molecule has 0 fully saturated rings. The van der Waals surface area contributed by atoms with Crippen molar-refractivity contribution in [1.82, 2.24) is 10.2 Å². The van der Waals surface area contributed by atoms with Crippen LogP contribution in [0.4, 0.5) is 0 Å². The van der Waals surface area contributed by atoms with Crippen molar-refractivity contribution < 1.29 is 4.42 Å². The minimum Gasteiger partial charge on any atom is -0.465 e. The molecule has 0 saturated carbocycles. The van der Waals surface area contributed by atoms with Crippen LogP contribution in [-0.2, 0) is 13.1 Å². The van der Waals surface area contributed by atoms with Gasteiger partial charge in [-0.1, -0.05) is 0 Å². The molecule has 3 nitrogen and oxygen atoms in total. The first-order valence-corrected chi connectivity index (χ1v) is 5.47. The monoisotopic (exact) mass is 210 g/mol. The van der Waals surface area contributed by atoms with Gasteiger partial charge in [0.05, 0.1) is 6.54 Å². The third-order valence-electron chi connectivity index (χ3n) is 2.73. The van der Waals surface area contributed by atoms with E-state index in [1.165, 1.54) is 5.56 Å². The lowest BCUT2D eigenvalue weighted by atomic mass is 10.2. The van der Waals surface area contributed by atoms with Gasteiger partial charge < -0.3 is 9.73 Å². The first kappa shape index (κ1) is 12.3. The van der Waals surface area contributed by atoms with Gasteiger partial charge in [-0.3, -0.25) is 4.90 Å². The summed E-state index contributed by atoms with van der Waals surface area (Å²) in [4.78, 5) is 2.27. The van der Waals surface area contributed by atoms with Gasteiger partial charge in [0, 0.05) is 18.2 Å². The summed E-state index contributed by atoms with van der Waals surface area (Å²) in [5.74, 6) is 2.07. The molecule has 0 aromatic carbocycles. The molecule has 1 aromatic heterocycles. The van der Waals surface area contributed by atoms with Crippen molar-refractivity contribution in [3.63, 3.8) is 0 Å². The molecule has 0 unspecified atom stereocenters. The third kappa shape index (κ3) is 3.36. The molecular formula is C12H22N2O. The van der Waals surface area contributed by atoms with E-state index in [4.69, 9.17) is 4.42 Å².